The molecular weight excluding hydrogens is 288 g/mol. The summed E-state index contributed by atoms with van der Waals surface area (Å²) in [5.41, 5.74) is 4.49. The number of hydrogen-bond acceptors (Lipinski definition) is 2. The fourth-order valence-corrected chi connectivity index (χ4v) is 2.30. The second kappa shape index (κ2) is 7.09. The van der Waals surface area contributed by atoms with Crippen LogP contribution in [0.4, 0.5) is 11.4 Å². The standard InChI is InChI=1S/C19H22N2O2/c1-12(2)16-7-5-6-8-17(16)21-19(23)18(22)20-15-10-9-13(3)14(4)11-15/h5-12H,1-4H3,(H,20,22)(H,21,23). The molecule has 2 N–H and O–H groups in total. The van der Waals surface area contributed by atoms with E-state index in [1.54, 1.807) is 12.1 Å². The molecule has 0 spiro atoms. The summed E-state index contributed by atoms with van der Waals surface area (Å²) in [7, 11) is 0. The smallest absolute Gasteiger partial charge is 0.314 e. The van der Waals surface area contributed by atoms with Crippen LogP contribution in [0.2, 0.25) is 0 Å². The molecule has 2 rings (SSSR count). The molecule has 0 aliphatic rings. The highest BCUT2D eigenvalue weighted by atomic mass is 16.2. The quantitative estimate of drug-likeness (QED) is 0.842. The SMILES string of the molecule is Cc1ccc(NC(=O)C(=O)Nc2ccccc2C(C)C)cc1C. The molecule has 0 bridgehead atoms. The summed E-state index contributed by atoms with van der Waals surface area (Å²) in [4.78, 5) is 24.2. The summed E-state index contributed by atoms with van der Waals surface area (Å²) in [6.07, 6.45) is 0. The molecule has 0 radical (unpaired) electrons. The van der Waals surface area contributed by atoms with Gasteiger partial charge in [0, 0.05) is 11.4 Å². The number of carbonyl (C=O) groups excluding carboxylic acids is 2. The minimum atomic E-state index is -0.674. The predicted octanol–water partition coefficient (Wildman–Crippen LogP) is 4.00. The van der Waals surface area contributed by atoms with Crippen molar-refractivity contribution in [1.29, 1.82) is 0 Å². The molecule has 4 nitrogen and oxygen atoms in total. The molecule has 0 aromatic heterocycles. The van der Waals surface area contributed by atoms with Crippen molar-refractivity contribution in [3.63, 3.8) is 0 Å². The van der Waals surface area contributed by atoms with Crippen molar-refractivity contribution in [2.75, 3.05) is 10.6 Å². The number of benzene rings is 2. The van der Waals surface area contributed by atoms with Gasteiger partial charge in [-0.25, -0.2) is 0 Å². The maximum Gasteiger partial charge on any atom is 0.314 e. The van der Waals surface area contributed by atoms with Gasteiger partial charge in [-0.15, -0.1) is 0 Å². The molecule has 2 amide bonds. The molecule has 0 atom stereocenters. The normalized spacial score (nSPS) is 10.5. The molecule has 120 valence electrons. The largest absolute Gasteiger partial charge is 0.318 e. The Bertz CT molecular complexity index is 736. The van der Waals surface area contributed by atoms with Gasteiger partial charge in [0.05, 0.1) is 0 Å². The minimum absolute atomic E-state index is 0.259. The van der Waals surface area contributed by atoms with Gasteiger partial charge >= 0.3 is 11.8 Å². The van der Waals surface area contributed by atoms with Gasteiger partial charge in [0.1, 0.15) is 0 Å². The molecular formula is C19H22N2O2. The summed E-state index contributed by atoms with van der Waals surface area (Å²) >= 11 is 0. The number of anilines is 2. The van der Waals surface area contributed by atoms with Crippen molar-refractivity contribution < 1.29 is 9.59 Å². The molecule has 4 heteroatoms. The number of aryl methyl sites for hydroxylation is 2. The van der Waals surface area contributed by atoms with E-state index in [9.17, 15) is 9.59 Å². The number of amides is 2. The molecule has 2 aromatic carbocycles. The average molecular weight is 310 g/mol. The summed E-state index contributed by atoms with van der Waals surface area (Å²) in [5.74, 6) is -1.09. The summed E-state index contributed by atoms with van der Waals surface area (Å²) < 4.78 is 0. The molecule has 0 saturated heterocycles. The van der Waals surface area contributed by atoms with Gasteiger partial charge in [-0.05, 0) is 54.7 Å². The highest BCUT2D eigenvalue weighted by molar-refractivity contribution is 6.43. The fraction of sp³-hybridized carbons (Fsp3) is 0.263. The summed E-state index contributed by atoms with van der Waals surface area (Å²) in [6.45, 7) is 8.04. The first-order chi connectivity index (χ1) is 10.9. The molecule has 23 heavy (non-hydrogen) atoms. The van der Waals surface area contributed by atoms with Crippen LogP contribution in [-0.2, 0) is 9.59 Å². The predicted molar refractivity (Wildman–Crippen MR) is 93.7 cm³/mol. The van der Waals surface area contributed by atoms with Crippen LogP contribution in [0.25, 0.3) is 0 Å². The van der Waals surface area contributed by atoms with Crippen molar-refractivity contribution in [2.45, 2.75) is 33.6 Å². The van der Waals surface area contributed by atoms with Crippen LogP contribution >= 0.6 is 0 Å². The van der Waals surface area contributed by atoms with Gasteiger partial charge < -0.3 is 10.6 Å². The van der Waals surface area contributed by atoms with E-state index in [4.69, 9.17) is 0 Å². The molecule has 0 heterocycles. The Morgan fingerprint density at radius 1 is 0.870 bits per heavy atom. The first kappa shape index (κ1) is 16.7. The van der Waals surface area contributed by atoms with E-state index in [1.165, 1.54) is 0 Å². The summed E-state index contributed by atoms with van der Waals surface area (Å²) in [6, 6.07) is 13.1. The molecule has 0 saturated carbocycles. The number of rotatable bonds is 3. The molecule has 0 aliphatic heterocycles. The van der Waals surface area contributed by atoms with E-state index >= 15 is 0 Å². The van der Waals surface area contributed by atoms with Gasteiger partial charge in [-0.2, -0.15) is 0 Å². The first-order valence-electron chi connectivity index (χ1n) is 7.67. The van der Waals surface area contributed by atoms with E-state index in [0.29, 0.717) is 11.4 Å². The summed E-state index contributed by atoms with van der Waals surface area (Å²) in [5, 5.41) is 5.31. The van der Waals surface area contributed by atoms with Crippen LogP contribution in [0.15, 0.2) is 42.5 Å². The fourth-order valence-electron chi connectivity index (χ4n) is 2.30. The third-order valence-electron chi connectivity index (χ3n) is 3.80. The zero-order valence-corrected chi connectivity index (χ0v) is 13.9. The second-order valence-electron chi connectivity index (χ2n) is 5.95. The van der Waals surface area contributed by atoms with Crippen LogP contribution in [0.1, 0.15) is 36.5 Å². The Kier molecular flexibility index (Phi) is 5.16. The number of carbonyl (C=O) groups is 2. The highest BCUT2D eigenvalue weighted by Crippen LogP contribution is 2.23. The van der Waals surface area contributed by atoms with Crippen LogP contribution in [0, 0.1) is 13.8 Å². The Balaban J connectivity index is 2.09. The Hall–Kier alpha value is -2.62. The molecule has 0 fully saturated rings. The lowest BCUT2D eigenvalue weighted by molar-refractivity contribution is -0.133. The van der Waals surface area contributed by atoms with Gasteiger partial charge in [0.15, 0.2) is 0 Å². The Labute approximate surface area is 136 Å². The van der Waals surface area contributed by atoms with Gasteiger partial charge in [0.2, 0.25) is 0 Å². The average Bonchev–Trinajstić information content (AvgIpc) is 2.51. The topological polar surface area (TPSA) is 58.2 Å². The maximum absolute atomic E-state index is 12.1. The van der Waals surface area contributed by atoms with E-state index in [0.717, 1.165) is 16.7 Å². The highest BCUT2D eigenvalue weighted by Gasteiger charge is 2.16. The van der Waals surface area contributed by atoms with Crippen molar-refractivity contribution in [1.82, 2.24) is 0 Å². The van der Waals surface area contributed by atoms with Gasteiger partial charge in [-0.1, -0.05) is 38.1 Å². The number of hydrogen-bond donors (Lipinski definition) is 2. The lowest BCUT2D eigenvalue weighted by Gasteiger charge is -2.13. The maximum atomic E-state index is 12.1. The van der Waals surface area contributed by atoms with Crippen molar-refractivity contribution in [3.8, 4) is 0 Å². The molecule has 2 aromatic rings. The minimum Gasteiger partial charge on any atom is -0.318 e. The van der Waals surface area contributed by atoms with E-state index in [2.05, 4.69) is 10.6 Å². The van der Waals surface area contributed by atoms with Crippen molar-refractivity contribution in [3.05, 3.63) is 59.2 Å². The van der Waals surface area contributed by atoms with Crippen molar-refractivity contribution >= 4 is 23.2 Å². The van der Waals surface area contributed by atoms with Crippen LogP contribution in [0.3, 0.4) is 0 Å². The molecule has 0 aliphatic carbocycles. The lowest BCUT2D eigenvalue weighted by Crippen LogP contribution is -2.29. The van der Waals surface area contributed by atoms with E-state index < -0.39 is 11.8 Å². The molecule has 0 unspecified atom stereocenters. The van der Waals surface area contributed by atoms with Gasteiger partial charge in [-0.3, -0.25) is 9.59 Å². The third-order valence-corrected chi connectivity index (χ3v) is 3.80. The first-order valence-corrected chi connectivity index (χ1v) is 7.67. The lowest BCUT2D eigenvalue weighted by atomic mass is 10.0. The van der Waals surface area contributed by atoms with Crippen LogP contribution in [0.5, 0.6) is 0 Å². The monoisotopic (exact) mass is 310 g/mol. The van der Waals surface area contributed by atoms with Crippen LogP contribution < -0.4 is 10.6 Å². The van der Waals surface area contributed by atoms with Gasteiger partial charge in [0.25, 0.3) is 0 Å². The second-order valence-corrected chi connectivity index (χ2v) is 5.95. The van der Waals surface area contributed by atoms with Crippen molar-refractivity contribution in [2.24, 2.45) is 0 Å². The number of nitrogens with one attached hydrogen (secondary N) is 2. The van der Waals surface area contributed by atoms with Crippen LogP contribution in [-0.4, -0.2) is 11.8 Å². The van der Waals surface area contributed by atoms with E-state index in [1.807, 2.05) is 58.0 Å². The zero-order chi connectivity index (χ0) is 17.0. The van der Waals surface area contributed by atoms with E-state index in [-0.39, 0.29) is 5.92 Å². The zero-order valence-electron chi connectivity index (χ0n) is 13.9. The third kappa shape index (κ3) is 4.19. The Morgan fingerprint density at radius 3 is 2.17 bits per heavy atom. The number of para-hydroxylation sites is 1. The Morgan fingerprint density at radius 2 is 1.52 bits per heavy atom.